The van der Waals surface area contributed by atoms with Gasteiger partial charge in [-0.25, -0.2) is 8.96 Å². The van der Waals surface area contributed by atoms with Crippen LogP contribution in [0.3, 0.4) is 0 Å². The number of rotatable bonds is 4. The number of nitrogens with one attached hydrogen (secondary N) is 1. The summed E-state index contributed by atoms with van der Waals surface area (Å²) in [7, 11) is -0.711. The molecule has 1 aromatic heterocycles. The third-order valence-corrected chi connectivity index (χ3v) is 7.75. The number of ether oxygens (including phenoxy) is 1. The molecule has 3 N–H and O–H groups in total. The Morgan fingerprint density at radius 1 is 1.36 bits per heavy atom. The summed E-state index contributed by atoms with van der Waals surface area (Å²) in [5.74, 6) is -2.80. The number of aliphatic hydroxyl groups is 2. The lowest BCUT2D eigenvalue weighted by Crippen LogP contribution is -2.60. The van der Waals surface area contributed by atoms with Crippen molar-refractivity contribution in [3.63, 3.8) is 0 Å². The molecule has 0 spiro atoms. The van der Waals surface area contributed by atoms with Crippen LogP contribution in [-0.2, 0) is 30.6 Å². The first-order valence-corrected chi connectivity index (χ1v) is 11.9. The van der Waals surface area contributed by atoms with Gasteiger partial charge in [0.15, 0.2) is 12.6 Å². The van der Waals surface area contributed by atoms with Crippen LogP contribution in [0.2, 0.25) is 0 Å². The Kier molecular flexibility index (Phi) is 5.85. The fraction of sp³-hybridized carbons (Fsp3) is 0.412. The minimum absolute atomic E-state index is 0.0973. The van der Waals surface area contributed by atoms with E-state index in [2.05, 4.69) is 4.98 Å². The standard InChI is InChI=1S/C17H21B3FN2O8PS/c1-8-3-2-4-9-7-28-32(27,29-11(8)9)31-17(19,20)15(21)12(25)13(26)16(18,30-15)23-6-5-10(24)22-14(23)33/h2-6,12-13,25-26H,7,18-20H2,1H3,(H,22,24,33)/t12-,13+,15-,16-,32?/m0/s1. The van der Waals surface area contributed by atoms with Crippen LogP contribution in [0.15, 0.2) is 35.3 Å². The van der Waals surface area contributed by atoms with Gasteiger partial charge >= 0.3 is 7.82 Å². The zero-order chi connectivity index (χ0) is 24.4. The molecule has 0 aliphatic carbocycles. The number of benzene rings is 1. The lowest BCUT2D eigenvalue weighted by molar-refractivity contribution is -0.240. The molecule has 10 nitrogen and oxygen atoms in total. The first-order chi connectivity index (χ1) is 15.2. The second-order valence-corrected chi connectivity index (χ2v) is 10.6. The predicted octanol–water partition coefficient (Wildman–Crippen LogP) is -1.47. The molecule has 1 saturated heterocycles. The third-order valence-electron chi connectivity index (χ3n) is 5.92. The van der Waals surface area contributed by atoms with E-state index in [1.54, 1.807) is 25.1 Å². The van der Waals surface area contributed by atoms with Gasteiger partial charge in [-0.1, -0.05) is 18.2 Å². The highest BCUT2D eigenvalue weighted by Crippen LogP contribution is 2.59. The minimum atomic E-state index is -4.35. The average Bonchev–Trinajstić information content (AvgIpc) is 2.90. The summed E-state index contributed by atoms with van der Waals surface area (Å²) in [6.45, 7) is 1.65. The van der Waals surface area contributed by atoms with Crippen LogP contribution >= 0.6 is 20.0 Å². The molecule has 1 fully saturated rings. The van der Waals surface area contributed by atoms with E-state index >= 15 is 4.39 Å². The monoisotopic (exact) mass is 496 g/mol. The molecule has 0 amide bonds. The fourth-order valence-electron chi connectivity index (χ4n) is 3.99. The Morgan fingerprint density at radius 3 is 2.73 bits per heavy atom. The molecule has 0 bridgehead atoms. The van der Waals surface area contributed by atoms with Crippen LogP contribution in [-0.4, -0.2) is 66.8 Å². The number of hydrogen-bond donors (Lipinski definition) is 3. The number of aromatic amines is 1. The molecule has 174 valence electrons. The molecule has 0 saturated carbocycles. The van der Waals surface area contributed by atoms with Crippen molar-refractivity contribution in [3.8, 4) is 5.75 Å². The molecule has 3 heterocycles. The van der Waals surface area contributed by atoms with E-state index in [1.165, 1.54) is 29.7 Å². The van der Waals surface area contributed by atoms with E-state index < -0.39 is 42.5 Å². The Labute approximate surface area is 195 Å². The number of halogens is 1. The largest absolute Gasteiger partial charge is 0.529 e. The van der Waals surface area contributed by atoms with Crippen LogP contribution < -0.4 is 10.1 Å². The normalized spacial score (nSPS) is 33.9. The van der Waals surface area contributed by atoms with Crippen LogP contribution in [0.5, 0.6) is 5.75 Å². The van der Waals surface area contributed by atoms with E-state index in [9.17, 15) is 19.6 Å². The number of aliphatic hydroxyl groups excluding tert-OH is 2. The quantitative estimate of drug-likeness (QED) is 0.264. The zero-order valence-electron chi connectivity index (χ0n) is 18.3. The zero-order valence-corrected chi connectivity index (χ0v) is 20.0. The third kappa shape index (κ3) is 3.85. The maximum Gasteiger partial charge on any atom is 0.529 e. The molecule has 0 radical (unpaired) electrons. The summed E-state index contributed by atoms with van der Waals surface area (Å²) in [6, 6.07) is 6.36. The summed E-state index contributed by atoms with van der Waals surface area (Å²) in [6.07, 6.45) is -2.80. The molecule has 33 heavy (non-hydrogen) atoms. The van der Waals surface area contributed by atoms with Crippen molar-refractivity contribution >= 4 is 43.6 Å². The van der Waals surface area contributed by atoms with Crippen molar-refractivity contribution < 1.29 is 37.5 Å². The molecule has 2 aliphatic heterocycles. The maximum atomic E-state index is 16.3. The van der Waals surface area contributed by atoms with Crippen LogP contribution in [0.1, 0.15) is 11.1 Å². The Morgan fingerprint density at radius 2 is 2.06 bits per heavy atom. The Hall–Kier alpha value is -1.73. The SMILES string of the molecule is BC(B)(OP1(=O)OCc2cccc(C)c2O1)[C@@]1(F)O[C@@](B)(n2ccc(=O)[nH]c2=S)[C@H](O)[C@@H]1O. The van der Waals surface area contributed by atoms with Gasteiger partial charge in [-0.05, 0) is 24.7 Å². The highest BCUT2D eigenvalue weighted by atomic mass is 32.1. The van der Waals surface area contributed by atoms with Crippen LogP contribution in [0.4, 0.5) is 4.39 Å². The van der Waals surface area contributed by atoms with Gasteiger partial charge < -0.3 is 24.0 Å². The molecule has 5 atom stereocenters. The molecule has 2 aliphatic rings. The Balaban J connectivity index is 1.67. The number of phosphoric acid groups is 1. The number of nitrogens with zero attached hydrogens (tertiary/aromatic N) is 1. The van der Waals surface area contributed by atoms with Gasteiger partial charge in [0.1, 0.15) is 39.3 Å². The number of H-pyrrole nitrogens is 1. The van der Waals surface area contributed by atoms with Crippen molar-refractivity contribution in [2.75, 3.05) is 0 Å². The predicted molar refractivity (Wildman–Crippen MR) is 124 cm³/mol. The second kappa shape index (κ2) is 7.91. The summed E-state index contributed by atoms with van der Waals surface area (Å²) in [5.41, 5.74) is -1.13. The van der Waals surface area contributed by atoms with E-state index in [0.717, 1.165) is 10.6 Å². The number of aromatic nitrogens is 2. The number of hydrogen-bond acceptors (Lipinski definition) is 9. The molecular weight excluding hydrogens is 475 g/mol. The minimum Gasteiger partial charge on any atom is -0.403 e. The van der Waals surface area contributed by atoms with Gasteiger partial charge in [0, 0.05) is 17.8 Å². The van der Waals surface area contributed by atoms with Crippen molar-refractivity contribution in [2.45, 2.75) is 42.6 Å². The van der Waals surface area contributed by atoms with E-state index in [4.69, 9.17) is 30.5 Å². The number of aryl methyl sites for hydroxylation is 1. The molecule has 16 heteroatoms. The first-order valence-electron chi connectivity index (χ1n) is 10.0. The molecule has 1 aromatic carbocycles. The van der Waals surface area contributed by atoms with Gasteiger partial charge in [0.25, 0.3) is 11.4 Å². The van der Waals surface area contributed by atoms with E-state index in [-0.39, 0.29) is 11.4 Å². The number of fused-ring (bicyclic) bond motifs is 1. The van der Waals surface area contributed by atoms with Crippen molar-refractivity contribution in [2.24, 2.45) is 0 Å². The highest BCUT2D eigenvalue weighted by molar-refractivity contribution is 7.71. The van der Waals surface area contributed by atoms with Gasteiger partial charge in [-0.2, -0.15) is 0 Å². The molecule has 2 aromatic rings. The van der Waals surface area contributed by atoms with Crippen molar-refractivity contribution in [3.05, 3.63) is 56.7 Å². The smallest absolute Gasteiger partial charge is 0.403 e. The van der Waals surface area contributed by atoms with Crippen molar-refractivity contribution in [1.82, 2.24) is 9.55 Å². The van der Waals surface area contributed by atoms with Crippen LogP contribution in [0.25, 0.3) is 0 Å². The highest BCUT2D eigenvalue weighted by Gasteiger charge is 2.69. The van der Waals surface area contributed by atoms with E-state index in [0.29, 0.717) is 16.9 Å². The number of alkyl halides is 1. The average molecular weight is 496 g/mol. The topological polar surface area (TPSA) is 132 Å². The van der Waals surface area contributed by atoms with Crippen LogP contribution in [0, 0.1) is 11.7 Å². The number of phosphoric ester groups is 1. The lowest BCUT2D eigenvalue weighted by Gasteiger charge is -2.41. The van der Waals surface area contributed by atoms with Gasteiger partial charge in [0.05, 0.1) is 12.0 Å². The summed E-state index contributed by atoms with van der Waals surface area (Å²) in [5, 5.41) is 19.3. The van der Waals surface area contributed by atoms with Gasteiger partial charge in [-0.3, -0.25) is 18.8 Å². The van der Waals surface area contributed by atoms with Crippen molar-refractivity contribution in [1.29, 1.82) is 0 Å². The van der Waals surface area contributed by atoms with Gasteiger partial charge in [0.2, 0.25) is 0 Å². The van der Waals surface area contributed by atoms with Gasteiger partial charge in [-0.15, -0.1) is 0 Å². The summed E-state index contributed by atoms with van der Waals surface area (Å²) in [4.78, 5) is 13.9. The first kappa shape index (κ1) is 24.4. The fourth-order valence-corrected chi connectivity index (χ4v) is 5.94. The molecule has 1 unspecified atom stereocenters. The Bertz CT molecular complexity index is 1280. The number of para-hydroxylation sites is 1. The molecule has 4 rings (SSSR count). The maximum absolute atomic E-state index is 16.3. The molecular formula is C17H21B3FN2O8PS. The second-order valence-electron chi connectivity index (χ2n) is 8.65. The summed E-state index contributed by atoms with van der Waals surface area (Å²) >= 11 is 5.10. The lowest BCUT2D eigenvalue weighted by atomic mass is 9.59. The summed E-state index contributed by atoms with van der Waals surface area (Å²) < 4.78 is 52.4. The van der Waals surface area contributed by atoms with E-state index in [1.807, 2.05) is 0 Å².